The molecule has 0 aromatic heterocycles. The van der Waals surface area contributed by atoms with Crippen LogP contribution in [0.15, 0.2) is 48.5 Å². The number of nitro groups is 1. The van der Waals surface area contributed by atoms with Crippen LogP contribution in [-0.2, 0) is 6.54 Å². The minimum absolute atomic E-state index is 0.115. The lowest BCUT2D eigenvalue weighted by Gasteiger charge is -2.29. The van der Waals surface area contributed by atoms with Gasteiger partial charge in [-0.2, -0.15) is 0 Å². The van der Waals surface area contributed by atoms with Gasteiger partial charge in [-0.1, -0.05) is 12.1 Å². The lowest BCUT2D eigenvalue weighted by Crippen LogP contribution is -2.30. The van der Waals surface area contributed by atoms with Crippen LogP contribution in [0.3, 0.4) is 0 Å². The van der Waals surface area contributed by atoms with Crippen molar-refractivity contribution in [2.75, 3.05) is 12.0 Å². The molecule has 2 aromatic carbocycles. The minimum atomic E-state index is -0.381. The fourth-order valence-corrected chi connectivity index (χ4v) is 2.27. The standard InChI is InChI=1S/C17H20N2O3/c1-13(2)18(15-8-10-17(22-3)11-9-15)12-14-4-6-16(7-5-14)19(20)21/h4-11,13H,12H2,1-3H3. The third-order valence-electron chi connectivity index (χ3n) is 3.53. The number of hydrogen-bond acceptors (Lipinski definition) is 4. The van der Waals surface area contributed by atoms with E-state index in [1.54, 1.807) is 31.4 Å². The van der Waals surface area contributed by atoms with Crippen LogP contribution in [0.2, 0.25) is 0 Å². The summed E-state index contributed by atoms with van der Waals surface area (Å²) in [7, 11) is 1.64. The van der Waals surface area contributed by atoms with E-state index >= 15 is 0 Å². The molecule has 0 N–H and O–H groups in total. The maximum Gasteiger partial charge on any atom is 0.269 e. The van der Waals surface area contributed by atoms with Gasteiger partial charge in [0.05, 0.1) is 12.0 Å². The summed E-state index contributed by atoms with van der Waals surface area (Å²) in [4.78, 5) is 12.6. The Hall–Kier alpha value is -2.56. The number of methoxy groups -OCH3 is 1. The Bertz CT molecular complexity index is 621. The third kappa shape index (κ3) is 3.75. The summed E-state index contributed by atoms with van der Waals surface area (Å²) >= 11 is 0. The molecule has 116 valence electrons. The van der Waals surface area contributed by atoms with Gasteiger partial charge in [0.25, 0.3) is 5.69 Å². The summed E-state index contributed by atoms with van der Waals surface area (Å²) in [6, 6.07) is 14.9. The Kier molecular flexibility index (Phi) is 4.99. The highest BCUT2D eigenvalue weighted by molar-refractivity contribution is 5.50. The first kappa shape index (κ1) is 15.8. The highest BCUT2D eigenvalue weighted by Crippen LogP contribution is 2.23. The van der Waals surface area contributed by atoms with E-state index in [4.69, 9.17) is 4.74 Å². The highest BCUT2D eigenvalue weighted by Gasteiger charge is 2.12. The van der Waals surface area contributed by atoms with E-state index in [0.717, 1.165) is 17.0 Å². The van der Waals surface area contributed by atoms with Crippen LogP contribution < -0.4 is 9.64 Å². The number of hydrogen-bond donors (Lipinski definition) is 0. The molecule has 0 aliphatic heterocycles. The van der Waals surface area contributed by atoms with E-state index in [9.17, 15) is 10.1 Å². The van der Waals surface area contributed by atoms with Crippen molar-refractivity contribution in [3.8, 4) is 5.75 Å². The van der Waals surface area contributed by atoms with Crippen LogP contribution in [-0.4, -0.2) is 18.1 Å². The fraction of sp³-hybridized carbons (Fsp3) is 0.294. The van der Waals surface area contributed by atoms with Gasteiger partial charge in [0.15, 0.2) is 0 Å². The van der Waals surface area contributed by atoms with E-state index in [2.05, 4.69) is 18.7 Å². The van der Waals surface area contributed by atoms with Crippen LogP contribution >= 0.6 is 0 Å². The van der Waals surface area contributed by atoms with Crippen LogP contribution in [0.5, 0.6) is 5.75 Å². The molecule has 22 heavy (non-hydrogen) atoms. The predicted molar refractivity (Wildman–Crippen MR) is 87.4 cm³/mol. The number of nitrogens with zero attached hydrogens (tertiary/aromatic N) is 2. The molecular formula is C17H20N2O3. The zero-order valence-electron chi connectivity index (χ0n) is 13.0. The molecule has 5 heteroatoms. The van der Waals surface area contributed by atoms with Gasteiger partial charge in [0.2, 0.25) is 0 Å². The van der Waals surface area contributed by atoms with Crippen LogP contribution in [0, 0.1) is 10.1 Å². The van der Waals surface area contributed by atoms with Gasteiger partial charge in [0.1, 0.15) is 5.75 Å². The second-order valence-electron chi connectivity index (χ2n) is 5.34. The molecular weight excluding hydrogens is 280 g/mol. The van der Waals surface area contributed by atoms with Gasteiger partial charge in [0, 0.05) is 30.4 Å². The van der Waals surface area contributed by atoms with Gasteiger partial charge in [-0.3, -0.25) is 10.1 Å². The fourth-order valence-electron chi connectivity index (χ4n) is 2.27. The number of benzene rings is 2. The molecule has 0 fully saturated rings. The van der Waals surface area contributed by atoms with Crippen molar-refractivity contribution >= 4 is 11.4 Å². The molecule has 0 aliphatic rings. The molecule has 0 amide bonds. The smallest absolute Gasteiger partial charge is 0.269 e. The zero-order valence-corrected chi connectivity index (χ0v) is 13.0. The van der Waals surface area contributed by atoms with E-state index in [-0.39, 0.29) is 10.6 Å². The molecule has 0 unspecified atom stereocenters. The molecule has 0 aliphatic carbocycles. The lowest BCUT2D eigenvalue weighted by molar-refractivity contribution is -0.384. The van der Waals surface area contributed by atoms with Crippen molar-refractivity contribution in [3.05, 3.63) is 64.2 Å². The molecule has 2 aromatic rings. The monoisotopic (exact) mass is 300 g/mol. The second kappa shape index (κ2) is 6.93. The first-order valence-corrected chi connectivity index (χ1v) is 7.15. The number of ether oxygens (including phenoxy) is 1. The van der Waals surface area contributed by atoms with E-state index in [0.29, 0.717) is 12.6 Å². The van der Waals surface area contributed by atoms with Crippen LogP contribution in [0.4, 0.5) is 11.4 Å². The molecule has 0 atom stereocenters. The second-order valence-corrected chi connectivity index (χ2v) is 5.34. The SMILES string of the molecule is COc1ccc(N(Cc2ccc([N+](=O)[O-])cc2)C(C)C)cc1. The van der Waals surface area contributed by atoms with Crippen molar-refractivity contribution in [2.24, 2.45) is 0 Å². The van der Waals surface area contributed by atoms with E-state index in [1.165, 1.54) is 0 Å². The normalized spacial score (nSPS) is 10.5. The summed E-state index contributed by atoms with van der Waals surface area (Å²) in [5.74, 6) is 0.822. The van der Waals surface area contributed by atoms with E-state index < -0.39 is 0 Å². The quantitative estimate of drug-likeness (QED) is 0.597. The first-order valence-electron chi connectivity index (χ1n) is 7.15. The average Bonchev–Trinajstić information content (AvgIpc) is 2.53. The Morgan fingerprint density at radius 2 is 1.68 bits per heavy atom. The number of non-ortho nitro benzene ring substituents is 1. The molecule has 0 bridgehead atoms. The number of anilines is 1. The molecule has 2 rings (SSSR count). The Balaban J connectivity index is 2.19. The third-order valence-corrected chi connectivity index (χ3v) is 3.53. The van der Waals surface area contributed by atoms with Crippen LogP contribution in [0.1, 0.15) is 19.4 Å². The molecule has 0 spiro atoms. The summed E-state index contributed by atoms with van der Waals surface area (Å²) in [5.41, 5.74) is 2.24. The molecule has 0 saturated carbocycles. The average molecular weight is 300 g/mol. The topological polar surface area (TPSA) is 55.6 Å². The van der Waals surface area contributed by atoms with Crippen molar-refractivity contribution < 1.29 is 9.66 Å². The highest BCUT2D eigenvalue weighted by atomic mass is 16.6. The van der Waals surface area contributed by atoms with Crippen LogP contribution in [0.25, 0.3) is 0 Å². The summed E-state index contributed by atoms with van der Waals surface area (Å²) in [6.45, 7) is 4.94. The van der Waals surface area contributed by atoms with Gasteiger partial charge in [-0.15, -0.1) is 0 Å². The van der Waals surface area contributed by atoms with Crippen molar-refractivity contribution in [2.45, 2.75) is 26.4 Å². The Morgan fingerprint density at radius 1 is 1.09 bits per heavy atom. The molecule has 0 saturated heterocycles. The number of rotatable bonds is 6. The Labute approximate surface area is 130 Å². The Morgan fingerprint density at radius 3 is 2.14 bits per heavy atom. The molecule has 0 radical (unpaired) electrons. The largest absolute Gasteiger partial charge is 0.497 e. The maximum atomic E-state index is 10.7. The summed E-state index contributed by atoms with van der Waals surface area (Å²) in [5, 5.41) is 10.7. The lowest BCUT2D eigenvalue weighted by atomic mass is 10.1. The summed E-state index contributed by atoms with van der Waals surface area (Å²) < 4.78 is 5.18. The predicted octanol–water partition coefficient (Wildman–Crippen LogP) is 4.02. The minimum Gasteiger partial charge on any atom is -0.497 e. The van der Waals surface area contributed by atoms with Gasteiger partial charge in [-0.25, -0.2) is 0 Å². The first-order chi connectivity index (χ1) is 10.5. The van der Waals surface area contributed by atoms with Gasteiger partial charge in [-0.05, 0) is 43.7 Å². The van der Waals surface area contributed by atoms with Crippen molar-refractivity contribution in [3.63, 3.8) is 0 Å². The molecule has 5 nitrogen and oxygen atoms in total. The van der Waals surface area contributed by atoms with Gasteiger partial charge >= 0.3 is 0 Å². The maximum absolute atomic E-state index is 10.7. The zero-order chi connectivity index (χ0) is 16.1. The molecule has 0 heterocycles. The van der Waals surface area contributed by atoms with Crippen molar-refractivity contribution in [1.82, 2.24) is 0 Å². The van der Waals surface area contributed by atoms with E-state index in [1.807, 2.05) is 24.3 Å². The van der Waals surface area contributed by atoms with Crippen molar-refractivity contribution in [1.29, 1.82) is 0 Å². The van der Waals surface area contributed by atoms with Gasteiger partial charge < -0.3 is 9.64 Å². The summed E-state index contributed by atoms with van der Waals surface area (Å²) in [6.07, 6.45) is 0. The number of nitro benzene ring substituents is 1.